The predicted octanol–water partition coefficient (Wildman–Crippen LogP) is 3.28. The Morgan fingerprint density at radius 3 is 2.75 bits per heavy atom. The van der Waals surface area contributed by atoms with Gasteiger partial charge < -0.3 is 19.4 Å². The highest BCUT2D eigenvalue weighted by Crippen LogP contribution is 2.34. The molecule has 0 spiro atoms. The highest BCUT2D eigenvalue weighted by Gasteiger charge is 2.29. The fraction of sp³-hybridized carbons (Fsp3) is 0.474. The second-order valence-electron chi connectivity index (χ2n) is 6.63. The molecule has 1 saturated heterocycles. The lowest BCUT2D eigenvalue weighted by molar-refractivity contribution is 0.154. The number of benzene rings is 1. The van der Waals surface area contributed by atoms with E-state index in [2.05, 4.69) is 45.4 Å². The van der Waals surface area contributed by atoms with Crippen LogP contribution in [0.3, 0.4) is 0 Å². The van der Waals surface area contributed by atoms with Crippen molar-refractivity contribution in [2.45, 2.75) is 32.0 Å². The lowest BCUT2D eigenvalue weighted by Gasteiger charge is -2.37. The Hall–Kier alpha value is -1.98. The average Bonchev–Trinajstić information content (AvgIpc) is 3.23. The summed E-state index contributed by atoms with van der Waals surface area (Å²) in [6.45, 7) is 4.60. The van der Waals surface area contributed by atoms with Gasteiger partial charge in [-0.1, -0.05) is 12.1 Å². The highest BCUT2D eigenvalue weighted by molar-refractivity contribution is 5.74. The number of piperidine rings is 1. The molecule has 0 unspecified atom stereocenters. The maximum absolute atomic E-state index is 5.81. The van der Waals surface area contributed by atoms with Gasteiger partial charge in [-0.25, -0.2) is 0 Å². The second kappa shape index (κ2) is 6.87. The van der Waals surface area contributed by atoms with E-state index in [1.165, 1.54) is 24.2 Å². The van der Waals surface area contributed by atoms with Crippen molar-refractivity contribution >= 4 is 11.4 Å². The van der Waals surface area contributed by atoms with Crippen molar-refractivity contribution in [1.29, 1.82) is 0 Å². The molecule has 1 aromatic heterocycles. The third kappa shape index (κ3) is 3.14. The van der Waals surface area contributed by atoms with Crippen LogP contribution in [0.25, 0.3) is 0 Å². The van der Waals surface area contributed by atoms with Crippen LogP contribution in [0.2, 0.25) is 0 Å². The summed E-state index contributed by atoms with van der Waals surface area (Å²) in [7, 11) is 1.69. The molecule has 0 bridgehead atoms. The number of ether oxygens (including phenoxy) is 1. The number of hydrogen-bond donors (Lipinski definition) is 1. The Labute approximate surface area is 143 Å². The molecule has 0 amide bonds. The summed E-state index contributed by atoms with van der Waals surface area (Å²) in [5.74, 6) is 1.94. The van der Waals surface area contributed by atoms with Gasteiger partial charge >= 0.3 is 0 Å². The molecule has 5 heteroatoms. The van der Waals surface area contributed by atoms with Crippen LogP contribution in [-0.2, 0) is 17.9 Å². The minimum absolute atomic E-state index is 0.545. The molecule has 5 nitrogen and oxygen atoms in total. The molecular formula is C19H25N3O2. The van der Waals surface area contributed by atoms with Crippen LogP contribution in [0, 0.1) is 0 Å². The number of para-hydroxylation sites is 2. The number of methoxy groups -OCH3 is 1. The normalized spacial score (nSPS) is 18.6. The molecule has 2 aliphatic heterocycles. The summed E-state index contributed by atoms with van der Waals surface area (Å²) in [6.07, 6.45) is 2.39. The van der Waals surface area contributed by atoms with Gasteiger partial charge in [0.05, 0.1) is 24.6 Å². The van der Waals surface area contributed by atoms with Gasteiger partial charge in [0.1, 0.15) is 18.1 Å². The van der Waals surface area contributed by atoms with Gasteiger partial charge in [0.2, 0.25) is 0 Å². The van der Waals surface area contributed by atoms with Gasteiger partial charge in [-0.15, -0.1) is 0 Å². The molecule has 0 radical (unpaired) electrons. The third-order valence-electron chi connectivity index (χ3n) is 5.03. The van der Waals surface area contributed by atoms with Gasteiger partial charge in [0, 0.05) is 26.2 Å². The number of likely N-dealkylation sites (tertiary alicyclic amines) is 1. The number of anilines is 2. The first-order valence-electron chi connectivity index (χ1n) is 8.72. The van der Waals surface area contributed by atoms with Crippen LogP contribution in [-0.4, -0.2) is 37.8 Å². The van der Waals surface area contributed by atoms with Crippen molar-refractivity contribution in [3.63, 3.8) is 0 Å². The fourth-order valence-corrected chi connectivity index (χ4v) is 3.79. The number of fused-ring (bicyclic) bond motifs is 1. The molecule has 2 aliphatic rings. The summed E-state index contributed by atoms with van der Waals surface area (Å²) in [4.78, 5) is 5.01. The van der Waals surface area contributed by atoms with Crippen molar-refractivity contribution in [2.75, 3.05) is 37.1 Å². The summed E-state index contributed by atoms with van der Waals surface area (Å²) in [6, 6.07) is 13.3. The Kier molecular flexibility index (Phi) is 4.45. The minimum Gasteiger partial charge on any atom is -0.462 e. The van der Waals surface area contributed by atoms with Crippen LogP contribution in [0.5, 0.6) is 0 Å². The molecule has 0 atom stereocenters. The van der Waals surface area contributed by atoms with Gasteiger partial charge in [-0.3, -0.25) is 4.90 Å². The number of furan rings is 1. The van der Waals surface area contributed by atoms with Crippen LogP contribution in [0.4, 0.5) is 11.4 Å². The monoisotopic (exact) mass is 327 g/mol. The standard InChI is InChI=1S/C19H25N3O2/c1-23-13-17-7-6-16(24-17)12-21-10-8-15(9-11-21)22-14-20-18-4-2-3-5-19(18)22/h2-7,15,20H,8-14H2,1H3. The molecule has 128 valence electrons. The number of nitrogens with zero attached hydrogens (tertiary/aromatic N) is 2. The van der Waals surface area contributed by atoms with Crippen LogP contribution >= 0.6 is 0 Å². The molecule has 2 aromatic rings. The van der Waals surface area contributed by atoms with Crippen molar-refractivity contribution in [3.05, 3.63) is 47.9 Å². The topological polar surface area (TPSA) is 40.9 Å². The Morgan fingerprint density at radius 1 is 1.12 bits per heavy atom. The van der Waals surface area contributed by atoms with Crippen LogP contribution in [0.15, 0.2) is 40.8 Å². The van der Waals surface area contributed by atoms with Gasteiger partial charge in [-0.05, 0) is 37.1 Å². The highest BCUT2D eigenvalue weighted by atomic mass is 16.5. The fourth-order valence-electron chi connectivity index (χ4n) is 3.79. The zero-order valence-electron chi connectivity index (χ0n) is 14.2. The van der Waals surface area contributed by atoms with Crippen LogP contribution < -0.4 is 10.2 Å². The minimum atomic E-state index is 0.545. The molecule has 24 heavy (non-hydrogen) atoms. The molecule has 1 fully saturated rings. The Balaban J connectivity index is 1.32. The number of rotatable bonds is 5. The van der Waals surface area contributed by atoms with E-state index < -0.39 is 0 Å². The summed E-state index contributed by atoms with van der Waals surface area (Å²) < 4.78 is 10.9. The van der Waals surface area contributed by atoms with Crippen LogP contribution in [0.1, 0.15) is 24.4 Å². The number of hydrogen-bond acceptors (Lipinski definition) is 5. The van der Waals surface area contributed by atoms with Gasteiger partial charge in [0.15, 0.2) is 0 Å². The SMILES string of the molecule is COCc1ccc(CN2CCC(N3CNc4ccccc43)CC2)o1. The van der Waals surface area contributed by atoms with E-state index in [-0.39, 0.29) is 0 Å². The van der Waals surface area contributed by atoms with Crippen molar-refractivity contribution < 1.29 is 9.15 Å². The lowest BCUT2D eigenvalue weighted by atomic mass is 10.0. The molecule has 1 N–H and O–H groups in total. The van der Waals surface area contributed by atoms with E-state index in [1.807, 2.05) is 6.07 Å². The largest absolute Gasteiger partial charge is 0.462 e. The first-order chi connectivity index (χ1) is 11.8. The maximum atomic E-state index is 5.81. The van der Waals surface area contributed by atoms with E-state index in [1.54, 1.807) is 7.11 Å². The van der Waals surface area contributed by atoms with E-state index >= 15 is 0 Å². The summed E-state index contributed by atoms with van der Waals surface area (Å²) >= 11 is 0. The first-order valence-corrected chi connectivity index (χ1v) is 8.72. The van der Waals surface area contributed by atoms with E-state index in [0.717, 1.165) is 37.8 Å². The Bertz CT molecular complexity index is 677. The van der Waals surface area contributed by atoms with Gasteiger partial charge in [0.25, 0.3) is 0 Å². The van der Waals surface area contributed by atoms with Crippen molar-refractivity contribution in [3.8, 4) is 0 Å². The smallest absolute Gasteiger partial charge is 0.129 e. The zero-order chi connectivity index (χ0) is 16.4. The molecule has 4 rings (SSSR count). The number of nitrogens with one attached hydrogen (secondary N) is 1. The molecule has 3 heterocycles. The first kappa shape index (κ1) is 15.5. The lowest BCUT2D eigenvalue weighted by Crippen LogP contribution is -2.44. The van der Waals surface area contributed by atoms with Gasteiger partial charge in [-0.2, -0.15) is 0 Å². The predicted molar refractivity (Wildman–Crippen MR) is 95.1 cm³/mol. The second-order valence-corrected chi connectivity index (χ2v) is 6.63. The van der Waals surface area contributed by atoms with E-state index in [4.69, 9.17) is 9.15 Å². The average molecular weight is 327 g/mol. The molecular weight excluding hydrogens is 302 g/mol. The molecule has 1 aromatic carbocycles. The molecule has 0 saturated carbocycles. The summed E-state index contributed by atoms with van der Waals surface area (Å²) in [5.41, 5.74) is 2.62. The maximum Gasteiger partial charge on any atom is 0.129 e. The van der Waals surface area contributed by atoms with E-state index in [0.29, 0.717) is 12.6 Å². The van der Waals surface area contributed by atoms with Crippen molar-refractivity contribution in [1.82, 2.24) is 4.90 Å². The van der Waals surface area contributed by atoms with E-state index in [9.17, 15) is 0 Å². The third-order valence-corrected chi connectivity index (χ3v) is 5.03. The van der Waals surface area contributed by atoms with Crippen molar-refractivity contribution in [2.24, 2.45) is 0 Å². The Morgan fingerprint density at radius 2 is 1.92 bits per heavy atom. The molecule has 0 aliphatic carbocycles. The summed E-state index contributed by atoms with van der Waals surface area (Å²) in [5, 5.41) is 3.50. The quantitative estimate of drug-likeness (QED) is 0.913. The zero-order valence-corrected chi connectivity index (χ0v) is 14.2.